The Morgan fingerprint density at radius 1 is 1.26 bits per heavy atom. The number of aromatic nitrogens is 3. The number of carbonyl (C=O) groups is 1. The molecular weight excluding hydrogens is 436 g/mol. The van der Waals surface area contributed by atoms with E-state index in [9.17, 15) is 4.79 Å². The predicted molar refractivity (Wildman–Crippen MR) is 123 cm³/mol. The van der Waals surface area contributed by atoms with E-state index in [-0.39, 0.29) is 6.61 Å². The number of methoxy groups -OCH3 is 1. The Labute approximate surface area is 188 Å². The Morgan fingerprint density at radius 3 is 2.87 bits per heavy atom. The molecule has 1 N–H and O–H groups in total. The number of nitrogens with one attached hydrogen (secondary N) is 1. The van der Waals surface area contributed by atoms with Crippen LogP contribution in [0.3, 0.4) is 0 Å². The fourth-order valence-electron chi connectivity index (χ4n) is 3.23. The molecule has 0 bridgehead atoms. The van der Waals surface area contributed by atoms with Crippen LogP contribution in [-0.4, -0.2) is 28.0 Å². The molecule has 0 saturated heterocycles. The molecule has 2 heterocycles. The van der Waals surface area contributed by atoms with E-state index in [4.69, 9.17) is 21.1 Å². The first kappa shape index (κ1) is 21.1. The summed E-state index contributed by atoms with van der Waals surface area (Å²) in [6.45, 7) is 4.84. The van der Waals surface area contributed by atoms with Gasteiger partial charge < -0.3 is 9.47 Å². The van der Waals surface area contributed by atoms with Crippen molar-refractivity contribution >= 4 is 44.9 Å². The van der Waals surface area contributed by atoms with Crippen LogP contribution in [-0.2, 0) is 17.9 Å². The summed E-state index contributed by atoms with van der Waals surface area (Å²) in [6.07, 6.45) is 1.28. The third-order valence-corrected chi connectivity index (χ3v) is 6.12. The van der Waals surface area contributed by atoms with Crippen LogP contribution >= 0.6 is 22.9 Å². The Balaban J connectivity index is 1.43. The molecule has 0 spiro atoms. The van der Waals surface area contributed by atoms with Crippen molar-refractivity contribution in [1.29, 1.82) is 0 Å². The topological polar surface area (TPSA) is 78.3 Å². The normalized spacial score (nSPS) is 11.0. The zero-order valence-electron chi connectivity index (χ0n) is 17.3. The number of hydrogen-bond donors (Lipinski definition) is 1. The first-order valence-corrected chi connectivity index (χ1v) is 10.9. The first-order valence-electron chi connectivity index (χ1n) is 9.68. The van der Waals surface area contributed by atoms with Gasteiger partial charge in [-0.05, 0) is 49.7 Å². The van der Waals surface area contributed by atoms with Crippen molar-refractivity contribution in [1.82, 2.24) is 14.8 Å². The van der Waals surface area contributed by atoms with E-state index < -0.39 is 6.09 Å². The predicted octanol–water partition coefficient (Wildman–Crippen LogP) is 5.90. The van der Waals surface area contributed by atoms with Gasteiger partial charge in [0.15, 0.2) is 0 Å². The van der Waals surface area contributed by atoms with Crippen molar-refractivity contribution in [2.75, 3.05) is 12.4 Å². The molecule has 1 amide bonds. The zero-order valence-corrected chi connectivity index (χ0v) is 18.9. The number of benzene rings is 2. The van der Waals surface area contributed by atoms with Gasteiger partial charge in [0.2, 0.25) is 0 Å². The number of anilines is 1. The standard InChI is InChI=1S/C22H21ClN4O3S/c1-4-27-18-8-5-14(9-15(18)11-24-27)12-30-22(28)26-20-13(2)25-21(31-20)17-7-6-16(23)10-19(17)29-3/h5-11H,4,12H2,1-3H3,(H,26,28). The van der Waals surface area contributed by atoms with Crippen LogP contribution in [0.5, 0.6) is 5.75 Å². The molecule has 2 aromatic heterocycles. The number of fused-ring (bicyclic) bond motifs is 1. The largest absolute Gasteiger partial charge is 0.496 e. The van der Waals surface area contributed by atoms with E-state index >= 15 is 0 Å². The minimum atomic E-state index is -0.536. The van der Waals surface area contributed by atoms with Gasteiger partial charge in [-0.3, -0.25) is 10.00 Å². The summed E-state index contributed by atoms with van der Waals surface area (Å²) in [5.74, 6) is 0.622. The molecule has 4 rings (SSSR count). The zero-order chi connectivity index (χ0) is 22.0. The highest BCUT2D eigenvalue weighted by molar-refractivity contribution is 7.19. The van der Waals surface area contributed by atoms with Crippen molar-refractivity contribution in [2.24, 2.45) is 0 Å². The fraction of sp³-hybridized carbons (Fsp3) is 0.227. The number of nitrogens with zero attached hydrogens (tertiary/aromatic N) is 3. The second kappa shape index (κ2) is 8.95. The van der Waals surface area contributed by atoms with E-state index in [1.807, 2.05) is 49.0 Å². The second-order valence-electron chi connectivity index (χ2n) is 6.83. The number of amides is 1. The molecule has 31 heavy (non-hydrogen) atoms. The monoisotopic (exact) mass is 456 g/mol. The first-order chi connectivity index (χ1) is 15.0. The molecule has 0 aliphatic carbocycles. The maximum atomic E-state index is 12.4. The van der Waals surface area contributed by atoms with Gasteiger partial charge in [0.25, 0.3) is 0 Å². The quantitative estimate of drug-likeness (QED) is 0.391. The molecule has 7 nitrogen and oxygen atoms in total. The summed E-state index contributed by atoms with van der Waals surface area (Å²) in [5, 5.41) is 10.1. The van der Waals surface area contributed by atoms with Crippen molar-refractivity contribution in [2.45, 2.75) is 27.0 Å². The number of carbonyl (C=O) groups excluding carboxylic acids is 1. The van der Waals surface area contributed by atoms with Crippen molar-refractivity contribution in [3.8, 4) is 16.3 Å². The molecule has 0 unspecified atom stereocenters. The molecular formula is C22H21ClN4O3S. The molecule has 9 heteroatoms. The summed E-state index contributed by atoms with van der Waals surface area (Å²) in [5.41, 5.74) is 3.46. The number of ether oxygens (including phenoxy) is 2. The fourth-order valence-corrected chi connectivity index (χ4v) is 4.37. The summed E-state index contributed by atoms with van der Waals surface area (Å²) in [7, 11) is 1.58. The molecule has 0 saturated carbocycles. The number of rotatable bonds is 6. The van der Waals surface area contributed by atoms with Crippen molar-refractivity contribution < 1.29 is 14.3 Å². The third kappa shape index (κ3) is 4.50. The molecule has 4 aromatic rings. The maximum Gasteiger partial charge on any atom is 0.412 e. The summed E-state index contributed by atoms with van der Waals surface area (Å²) in [6, 6.07) is 11.3. The van der Waals surface area contributed by atoms with Gasteiger partial charge in [-0.15, -0.1) is 0 Å². The molecule has 0 atom stereocenters. The van der Waals surface area contributed by atoms with Crippen LogP contribution < -0.4 is 10.1 Å². The Kier molecular flexibility index (Phi) is 6.11. The average molecular weight is 457 g/mol. The smallest absolute Gasteiger partial charge is 0.412 e. The lowest BCUT2D eigenvalue weighted by Gasteiger charge is -2.07. The number of halogens is 1. The highest BCUT2D eigenvalue weighted by Gasteiger charge is 2.16. The van der Waals surface area contributed by atoms with E-state index in [1.54, 1.807) is 19.2 Å². The molecule has 0 radical (unpaired) electrons. The van der Waals surface area contributed by atoms with Gasteiger partial charge in [-0.1, -0.05) is 29.0 Å². The van der Waals surface area contributed by atoms with E-state index in [1.165, 1.54) is 11.3 Å². The van der Waals surface area contributed by atoms with Crippen LogP contribution in [0.2, 0.25) is 5.02 Å². The molecule has 2 aromatic carbocycles. The van der Waals surface area contributed by atoms with E-state index in [0.29, 0.717) is 21.5 Å². The molecule has 0 aliphatic rings. The molecule has 160 valence electrons. The Bertz CT molecular complexity index is 1250. The summed E-state index contributed by atoms with van der Waals surface area (Å²) < 4.78 is 12.7. The van der Waals surface area contributed by atoms with E-state index in [0.717, 1.165) is 33.6 Å². The lowest BCUT2D eigenvalue weighted by Crippen LogP contribution is -2.13. The average Bonchev–Trinajstić information content (AvgIpc) is 3.34. The lowest BCUT2D eigenvalue weighted by atomic mass is 10.2. The van der Waals surface area contributed by atoms with Gasteiger partial charge in [0.1, 0.15) is 22.4 Å². The third-order valence-electron chi connectivity index (χ3n) is 4.78. The number of aryl methyl sites for hydroxylation is 2. The number of hydrogen-bond acceptors (Lipinski definition) is 6. The molecule has 0 fully saturated rings. The highest BCUT2D eigenvalue weighted by atomic mass is 35.5. The minimum Gasteiger partial charge on any atom is -0.496 e. The minimum absolute atomic E-state index is 0.162. The van der Waals surface area contributed by atoms with Gasteiger partial charge in [0.05, 0.1) is 30.1 Å². The number of thiazole rings is 1. The van der Waals surface area contributed by atoms with Gasteiger partial charge >= 0.3 is 6.09 Å². The van der Waals surface area contributed by atoms with Crippen LogP contribution in [0.4, 0.5) is 9.80 Å². The second-order valence-corrected chi connectivity index (χ2v) is 8.27. The highest BCUT2D eigenvalue weighted by Crippen LogP contribution is 2.38. The van der Waals surface area contributed by atoms with Crippen molar-refractivity contribution in [3.05, 3.63) is 58.9 Å². The van der Waals surface area contributed by atoms with Crippen LogP contribution in [0.15, 0.2) is 42.6 Å². The Morgan fingerprint density at radius 2 is 2.10 bits per heavy atom. The molecule has 0 aliphatic heterocycles. The van der Waals surface area contributed by atoms with Crippen molar-refractivity contribution in [3.63, 3.8) is 0 Å². The van der Waals surface area contributed by atoms with Gasteiger partial charge in [-0.2, -0.15) is 5.10 Å². The maximum absolute atomic E-state index is 12.4. The van der Waals surface area contributed by atoms with E-state index in [2.05, 4.69) is 15.4 Å². The summed E-state index contributed by atoms with van der Waals surface area (Å²) in [4.78, 5) is 16.9. The lowest BCUT2D eigenvalue weighted by molar-refractivity contribution is 0.155. The SMILES string of the molecule is CCn1ncc2cc(COC(=O)Nc3sc(-c4ccc(Cl)cc4OC)nc3C)ccc21. The van der Waals surface area contributed by atoms with Crippen LogP contribution in [0.25, 0.3) is 21.5 Å². The Hall–Kier alpha value is -3.10. The summed E-state index contributed by atoms with van der Waals surface area (Å²) >= 11 is 7.39. The van der Waals surface area contributed by atoms with Gasteiger partial charge in [0, 0.05) is 17.0 Å². The van der Waals surface area contributed by atoms with Gasteiger partial charge in [-0.25, -0.2) is 9.78 Å². The van der Waals surface area contributed by atoms with Crippen LogP contribution in [0.1, 0.15) is 18.2 Å². The van der Waals surface area contributed by atoms with Crippen LogP contribution in [0, 0.1) is 6.92 Å².